The molecule has 0 amide bonds. The quantitative estimate of drug-likeness (QED) is 0.324. The highest BCUT2D eigenvalue weighted by Gasteiger charge is 2.25. The van der Waals surface area contributed by atoms with Gasteiger partial charge in [-0.25, -0.2) is 0 Å². The maximum absolute atomic E-state index is 8.82. The molecular formula is C21H25N9. The number of nitriles is 1. The Kier molecular flexibility index (Phi) is 6.06. The van der Waals surface area contributed by atoms with Crippen LogP contribution in [-0.2, 0) is 6.42 Å². The minimum absolute atomic E-state index is 0.387. The van der Waals surface area contributed by atoms with Gasteiger partial charge >= 0.3 is 0 Å². The van der Waals surface area contributed by atoms with Crippen LogP contribution < -0.4 is 21.7 Å². The van der Waals surface area contributed by atoms with Gasteiger partial charge < -0.3 is 21.7 Å². The summed E-state index contributed by atoms with van der Waals surface area (Å²) in [5.41, 5.74) is 8.56. The van der Waals surface area contributed by atoms with Crippen LogP contribution in [0, 0.1) is 11.3 Å². The average molecular weight is 403 g/mol. The molecule has 0 radical (unpaired) electrons. The Hall–Kier alpha value is -3.64. The molecule has 4 rings (SSSR count). The smallest absolute Gasteiger partial charge is 0.231 e. The molecule has 30 heavy (non-hydrogen) atoms. The summed E-state index contributed by atoms with van der Waals surface area (Å²) < 4.78 is 0. The van der Waals surface area contributed by atoms with Crippen LogP contribution in [0.2, 0.25) is 0 Å². The van der Waals surface area contributed by atoms with Gasteiger partial charge in [0.2, 0.25) is 5.95 Å². The van der Waals surface area contributed by atoms with Crippen LogP contribution in [0.4, 0.5) is 29.1 Å². The van der Waals surface area contributed by atoms with Crippen LogP contribution in [0.25, 0.3) is 0 Å². The number of hydrogen-bond acceptors (Lipinski definition) is 8. The monoisotopic (exact) mass is 403 g/mol. The average Bonchev–Trinajstić information content (AvgIpc) is 3.49. The summed E-state index contributed by atoms with van der Waals surface area (Å²) in [6, 6.07) is 13.7. The molecular weight excluding hydrogens is 378 g/mol. The van der Waals surface area contributed by atoms with Crippen molar-refractivity contribution in [2.75, 3.05) is 29.0 Å². The van der Waals surface area contributed by atoms with E-state index in [0.717, 1.165) is 35.7 Å². The third-order valence-electron chi connectivity index (χ3n) is 4.78. The van der Waals surface area contributed by atoms with Crippen LogP contribution >= 0.6 is 0 Å². The van der Waals surface area contributed by atoms with E-state index in [4.69, 9.17) is 11.0 Å². The van der Waals surface area contributed by atoms with E-state index in [9.17, 15) is 0 Å². The number of benzene rings is 1. The zero-order valence-corrected chi connectivity index (χ0v) is 16.7. The van der Waals surface area contributed by atoms with E-state index in [-0.39, 0.29) is 0 Å². The van der Waals surface area contributed by atoms with Crippen molar-refractivity contribution in [1.29, 1.82) is 5.26 Å². The van der Waals surface area contributed by atoms with Gasteiger partial charge in [-0.2, -0.15) is 20.3 Å². The van der Waals surface area contributed by atoms with E-state index >= 15 is 0 Å². The maximum Gasteiger partial charge on any atom is 0.231 e. The molecule has 2 heterocycles. The number of rotatable bonds is 10. The van der Waals surface area contributed by atoms with Gasteiger partial charge in [0.25, 0.3) is 0 Å². The number of hydrogen-bond donors (Lipinski definition) is 5. The lowest BCUT2D eigenvalue weighted by Gasteiger charge is -2.12. The lowest BCUT2D eigenvalue weighted by molar-refractivity contribution is 0.869. The van der Waals surface area contributed by atoms with E-state index in [1.165, 1.54) is 12.8 Å². The third kappa shape index (κ3) is 5.24. The van der Waals surface area contributed by atoms with E-state index in [2.05, 4.69) is 42.2 Å². The molecule has 1 fully saturated rings. The Morgan fingerprint density at radius 2 is 1.87 bits per heavy atom. The highest BCUT2D eigenvalue weighted by Crippen LogP contribution is 2.39. The normalized spacial score (nSPS) is 12.9. The van der Waals surface area contributed by atoms with Gasteiger partial charge in [-0.1, -0.05) is 12.1 Å². The summed E-state index contributed by atoms with van der Waals surface area (Å²) in [5.74, 6) is 3.13. The van der Waals surface area contributed by atoms with Crippen molar-refractivity contribution in [1.82, 2.24) is 20.2 Å². The SMILES string of the molecule is N#CCc1ccc(Nc2nc(NCCCN)cc(Nc3cc(C4CC4)[nH]n3)n2)cc1. The standard InChI is InChI=1S/C21H25N9/c22-9-1-11-24-18-13-19(26-20-12-17(29-30-20)15-4-5-15)28-21(27-18)25-16-6-2-14(3-7-16)8-10-23/h2-3,6-7,12-13,15H,1,4-5,8-9,11,22H2,(H4,24,25,26,27,28,29,30). The van der Waals surface area contributed by atoms with Gasteiger partial charge in [-0.05, 0) is 43.5 Å². The van der Waals surface area contributed by atoms with Crippen molar-refractivity contribution in [2.24, 2.45) is 5.73 Å². The first-order valence-corrected chi connectivity index (χ1v) is 10.1. The zero-order valence-electron chi connectivity index (χ0n) is 16.7. The van der Waals surface area contributed by atoms with E-state index in [1.807, 2.05) is 36.4 Å². The van der Waals surface area contributed by atoms with Crippen molar-refractivity contribution in [3.8, 4) is 6.07 Å². The second kappa shape index (κ2) is 9.24. The largest absolute Gasteiger partial charge is 0.370 e. The molecule has 0 atom stereocenters. The Labute approximate surface area is 175 Å². The molecule has 0 bridgehead atoms. The zero-order chi connectivity index (χ0) is 20.8. The fourth-order valence-corrected chi connectivity index (χ4v) is 3.04. The lowest BCUT2D eigenvalue weighted by atomic mass is 10.1. The van der Waals surface area contributed by atoms with Crippen molar-refractivity contribution in [3.05, 3.63) is 47.7 Å². The molecule has 3 aromatic rings. The number of nitrogens with one attached hydrogen (secondary N) is 4. The van der Waals surface area contributed by atoms with Crippen molar-refractivity contribution < 1.29 is 0 Å². The first kappa shape index (κ1) is 19.7. The molecule has 9 heteroatoms. The number of H-pyrrole nitrogens is 1. The van der Waals surface area contributed by atoms with Gasteiger partial charge in [0, 0.05) is 36.0 Å². The third-order valence-corrected chi connectivity index (χ3v) is 4.78. The van der Waals surface area contributed by atoms with E-state index in [0.29, 0.717) is 36.5 Å². The first-order valence-electron chi connectivity index (χ1n) is 10.1. The van der Waals surface area contributed by atoms with Crippen molar-refractivity contribution >= 4 is 29.1 Å². The topological polar surface area (TPSA) is 140 Å². The Bertz CT molecular complexity index is 1020. The van der Waals surface area contributed by atoms with Gasteiger partial charge in [0.05, 0.1) is 12.5 Å². The Morgan fingerprint density at radius 1 is 1.07 bits per heavy atom. The summed E-state index contributed by atoms with van der Waals surface area (Å²) in [7, 11) is 0. The van der Waals surface area contributed by atoms with Crippen LogP contribution in [0.15, 0.2) is 36.4 Å². The molecule has 9 nitrogen and oxygen atoms in total. The highest BCUT2D eigenvalue weighted by atomic mass is 15.2. The maximum atomic E-state index is 8.82. The summed E-state index contributed by atoms with van der Waals surface area (Å²) >= 11 is 0. The minimum Gasteiger partial charge on any atom is -0.370 e. The molecule has 0 saturated heterocycles. The summed E-state index contributed by atoms with van der Waals surface area (Å²) in [5, 5.41) is 26.0. The van der Waals surface area contributed by atoms with Crippen molar-refractivity contribution in [3.63, 3.8) is 0 Å². The summed E-state index contributed by atoms with van der Waals surface area (Å²) in [6.07, 6.45) is 3.66. The molecule has 1 aliphatic rings. The molecule has 1 saturated carbocycles. The second-order valence-electron chi connectivity index (χ2n) is 7.30. The molecule has 0 spiro atoms. The predicted molar refractivity (Wildman–Crippen MR) is 117 cm³/mol. The number of nitrogens with zero attached hydrogens (tertiary/aromatic N) is 4. The second-order valence-corrected chi connectivity index (χ2v) is 7.30. The highest BCUT2D eigenvalue weighted by molar-refractivity contribution is 5.62. The van der Waals surface area contributed by atoms with E-state index in [1.54, 1.807) is 0 Å². The van der Waals surface area contributed by atoms with Crippen LogP contribution in [0.3, 0.4) is 0 Å². The lowest BCUT2D eigenvalue weighted by Crippen LogP contribution is -2.11. The molecule has 0 unspecified atom stereocenters. The molecule has 0 aliphatic heterocycles. The summed E-state index contributed by atoms with van der Waals surface area (Å²) in [4.78, 5) is 9.13. The number of anilines is 5. The van der Waals surface area contributed by atoms with Gasteiger partial charge in [0.1, 0.15) is 11.6 Å². The van der Waals surface area contributed by atoms with Crippen LogP contribution in [-0.4, -0.2) is 33.3 Å². The van der Waals surface area contributed by atoms with E-state index < -0.39 is 0 Å². The molecule has 1 aliphatic carbocycles. The summed E-state index contributed by atoms with van der Waals surface area (Å²) in [6.45, 7) is 1.34. The van der Waals surface area contributed by atoms with Gasteiger partial charge in [0.15, 0.2) is 5.82 Å². The molecule has 6 N–H and O–H groups in total. The number of aromatic amines is 1. The Balaban J connectivity index is 1.52. The minimum atomic E-state index is 0.387. The first-order chi connectivity index (χ1) is 14.7. The fourth-order valence-electron chi connectivity index (χ4n) is 3.04. The van der Waals surface area contributed by atoms with Gasteiger partial charge in [-0.3, -0.25) is 5.10 Å². The number of nitrogens with two attached hydrogens (primary N) is 1. The number of aromatic nitrogens is 4. The van der Waals surface area contributed by atoms with Crippen LogP contribution in [0.1, 0.15) is 36.4 Å². The molecule has 154 valence electrons. The fraction of sp³-hybridized carbons (Fsp3) is 0.333. The van der Waals surface area contributed by atoms with Gasteiger partial charge in [-0.15, -0.1) is 0 Å². The van der Waals surface area contributed by atoms with Crippen LogP contribution in [0.5, 0.6) is 0 Å². The van der Waals surface area contributed by atoms with Crippen molar-refractivity contribution in [2.45, 2.75) is 31.6 Å². The molecule has 2 aromatic heterocycles. The Morgan fingerprint density at radius 3 is 2.60 bits per heavy atom. The molecule has 1 aromatic carbocycles. The predicted octanol–water partition coefficient (Wildman–Crippen LogP) is 3.39.